The lowest BCUT2D eigenvalue weighted by atomic mass is 10.3. The van der Waals surface area contributed by atoms with Gasteiger partial charge in [0.25, 0.3) is 0 Å². The SMILES string of the molecule is CCn1c(SCC(=O)Nc2cc(Cl)ccc2O)nnc1-c1ccco1. The van der Waals surface area contributed by atoms with Crippen molar-refractivity contribution in [1.82, 2.24) is 14.8 Å². The smallest absolute Gasteiger partial charge is 0.234 e. The number of aromatic hydroxyl groups is 1. The summed E-state index contributed by atoms with van der Waals surface area (Å²) in [5.41, 5.74) is 0.270. The van der Waals surface area contributed by atoms with Crippen molar-refractivity contribution >= 4 is 35.0 Å². The number of carbonyl (C=O) groups excluding carboxylic acids is 1. The van der Waals surface area contributed by atoms with E-state index in [-0.39, 0.29) is 23.1 Å². The first kappa shape index (κ1) is 17.4. The summed E-state index contributed by atoms with van der Waals surface area (Å²) in [4.78, 5) is 12.1. The van der Waals surface area contributed by atoms with E-state index in [2.05, 4.69) is 15.5 Å². The lowest BCUT2D eigenvalue weighted by molar-refractivity contribution is -0.113. The van der Waals surface area contributed by atoms with E-state index >= 15 is 0 Å². The van der Waals surface area contributed by atoms with Crippen LogP contribution in [0.2, 0.25) is 5.02 Å². The molecule has 3 aromatic rings. The minimum atomic E-state index is -0.284. The first-order valence-corrected chi connectivity index (χ1v) is 8.83. The first-order chi connectivity index (χ1) is 12.1. The minimum absolute atomic E-state index is 0.0421. The highest BCUT2D eigenvalue weighted by Crippen LogP contribution is 2.28. The minimum Gasteiger partial charge on any atom is -0.506 e. The number of furan rings is 1. The van der Waals surface area contributed by atoms with Gasteiger partial charge in [0.05, 0.1) is 17.7 Å². The number of carbonyl (C=O) groups is 1. The second-order valence-corrected chi connectivity index (χ2v) is 6.40. The maximum Gasteiger partial charge on any atom is 0.234 e. The van der Waals surface area contributed by atoms with Gasteiger partial charge in [-0.25, -0.2) is 0 Å². The molecule has 0 aliphatic rings. The van der Waals surface area contributed by atoms with E-state index in [1.165, 1.54) is 23.9 Å². The highest BCUT2D eigenvalue weighted by Gasteiger charge is 2.16. The molecular weight excluding hydrogens is 364 g/mol. The second-order valence-electron chi connectivity index (χ2n) is 5.03. The lowest BCUT2D eigenvalue weighted by Crippen LogP contribution is -2.14. The lowest BCUT2D eigenvalue weighted by Gasteiger charge is -2.08. The third-order valence-electron chi connectivity index (χ3n) is 3.34. The van der Waals surface area contributed by atoms with Crippen molar-refractivity contribution in [2.24, 2.45) is 0 Å². The van der Waals surface area contributed by atoms with Crippen LogP contribution in [0.5, 0.6) is 5.75 Å². The maximum absolute atomic E-state index is 12.1. The Bertz CT molecular complexity index is 880. The second kappa shape index (κ2) is 7.62. The molecule has 9 heteroatoms. The van der Waals surface area contributed by atoms with E-state index in [0.717, 1.165) is 0 Å². The standard InChI is InChI=1S/C16H15ClN4O3S/c1-2-21-15(13-4-3-7-24-13)19-20-16(21)25-9-14(23)18-11-8-10(17)5-6-12(11)22/h3-8,22H,2,9H2,1H3,(H,18,23). The highest BCUT2D eigenvalue weighted by atomic mass is 35.5. The molecule has 7 nitrogen and oxygen atoms in total. The molecule has 0 saturated carbocycles. The van der Waals surface area contributed by atoms with Crippen LogP contribution in [0.4, 0.5) is 5.69 Å². The van der Waals surface area contributed by atoms with E-state index < -0.39 is 0 Å². The summed E-state index contributed by atoms with van der Waals surface area (Å²) in [6, 6.07) is 8.04. The Balaban J connectivity index is 1.67. The number of halogens is 1. The van der Waals surface area contributed by atoms with Gasteiger partial charge in [0, 0.05) is 11.6 Å². The van der Waals surface area contributed by atoms with Crippen molar-refractivity contribution < 1.29 is 14.3 Å². The third-order valence-corrected chi connectivity index (χ3v) is 4.54. The summed E-state index contributed by atoms with van der Waals surface area (Å²) >= 11 is 7.11. The van der Waals surface area contributed by atoms with Gasteiger partial charge in [-0.3, -0.25) is 9.36 Å². The molecule has 0 saturated heterocycles. The van der Waals surface area contributed by atoms with Crippen LogP contribution < -0.4 is 5.32 Å². The van der Waals surface area contributed by atoms with Crippen LogP contribution in [0.25, 0.3) is 11.6 Å². The molecule has 2 aromatic heterocycles. The van der Waals surface area contributed by atoms with Crippen LogP contribution in [0, 0.1) is 0 Å². The molecule has 0 aliphatic carbocycles. The van der Waals surface area contributed by atoms with Crippen molar-refractivity contribution in [1.29, 1.82) is 0 Å². The summed E-state index contributed by atoms with van der Waals surface area (Å²) in [5, 5.41) is 21.6. The quantitative estimate of drug-likeness (QED) is 0.502. The number of hydrogen-bond donors (Lipinski definition) is 2. The van der Waals surface area contributed by atoms with Gasteiger partial charge in [-0.05, 0) is 37.3 Å². The predicted octanol–water partition coefficient (Wildman–Crippen LogP) is 3.65. The van der Waals surface area contributed by atoms with Gasteiger partial charge in [0.15, 0.2) is 16.7 Å². The number of benzene rings is 1. The Morgan fingerprint density at radius 3 is 2.96 bits per heavy atom. The summed E-state index contributed by atoms with van der Waals surface area (Å²) in [6.07, 6.45) is 1.57. The number of rotatable bonds is 6. The zero-order valence-electron chi connectivity index (χ0n) is 13.3. The van der Waals surface area contributed by atoms with Gasteiger partial charge >= 0.3 is 0 Å². The Kier molecular flexibility index (Phi) is 5.30. The molecule has 0 spiro atoms. The fourth-order valence-electron chi connectivity index (χ4n) is 2.19. The Labute approximate surface area is 153 Å². The topological polar surface area (TPSA) is 93.2 Å². The number of amides is 1. The first-order valence-electron chi connectivity index (χ1n) is 7.46. The molecule has 3 rings (SSSR count). The molecule has 0 fully saturated rings. The monoisotopic (exact) mass is 378 g/mol. The summed E-state index contributed by atoms with van der Waals surface area (Å²) in [6.45, 7) is 2.60. The molecular formula is C16H15ClN4O3S. The van der Waals surface area contributed by atoms with Crippen LogP contribution in [0.1, 0.15) is 6.92 Å². The van der Waals surface area contributed by atoms with Gasteiger partial charge in [-0.2, -0.15) is 0 Å². The third kappa shape index (κ3) is 3.97. The molecule has 1 amide bonds. The van der Waals surface area contributed by atoms with Gasteiger partial charge in [0.2, 0.25) is 5.91 Å². The Morgan fingerprint density at radius 2 is 2.24 bits per heavy atom. The van der Waals surface area contributed by atoms with Crippen LogP contribution in [-0.4, -0.2) is 31.5 Å². The van der Waals surface area contributed by atoms with E-state index in [4.69, 9.17) is 16.0 Å². The van der Waals surface area contributed by atoms with Crippen molar-refractivity contribution in [3.05, 3.63) is 41.6 Å². The normalized spacial score (nSPS) is 10.8. The summed E-state index contributed by atoms with van der Waals surface area (Å²) < 4.78 is 7.22. The Hall–Kier alpha value is -2.45. The number of hydrogen-bond acceptors (Lipinski definition) is 6. The molecule has 0 aliphatic heterocycles. The van der Waals surface area contributed by atoms with E-state index in [1.807, 2.05) is 11.5 Å². The zero-order chi connectivity index (χ0) is 17.8. The van der Waals surface area contributed by atoms with Crippen molar-refractivity contribution in [2.45, 2.75) is 18.6 Å². The van der Waals surface area contributed by atoms with Crippen LogP contribution >= 0.6 is 23.4 Å². The maximum atomic E-state index is 12.1. The number of nitrogens with one attached hydrogen (secondary N) is 1. The highest BCUT2D eigenvalue weighted by molar-refractivity contribution is 7.99. The van der Waals surface area contributed by atoms with Crippen LogP contribution in [0.15, 0.2) is 46.2 Å². The molecule has 1 aromatic carbocycles. The molecule has 130 valence electrons. The Morgan fingerprint density at radius 1 is 1.40 bits per heavy atom. The fraction of sp³-hybridized carbons (Fsp3) is 0.188. The largest absolute Gasteiger partial charge is 0.506 e. The number of phenolic OH excluding ortho intramolecular Hbond substituents is 1. The fourth-order valence-corrected chi connectivity index (χ4v) is 3.17. The van der Waals surface area contributed by atoms with Crippen molar-refractivity contribution in [2.75, 3.05) is 11.1 Å². The number of thioether (sulfide) groups is 1. The predicted molar refractivity (Wildman–Crippen MR) is 95.9 cm³/mol. The molecule has 2 heterocycles. The van der Waals surface area contributed by atoms with Crippen molar-refractivity contribution in [3.8, 4) is 17.3 Å². The van der Waals surface area contributed by atoms with E-state index in [9.17, 15) is 9.90 Å². The van der Waals surface area contributed by atoms with Gasteiger partial charge in [0.1, 0.15) is 5.75 Å². The van der Waals surface area contributed by atoms with Gasteiger partial charge in [-0.1, -0.05) is 23.4 Å². The number of anilines is 1. The zero-order valence-corrected chi connectivity index (χ0v) is 14.8. The van der Waals surface area contributed by atoms with Crippen LogP contribution in [0.3, 0.4) is 0 Å². The average Bonchev–Trinajstić information content (AvgIpc) is 3.24. The van der Waals surface area contributed by atoms with Crippen molar-refractivity contribution in [3.63, 3.8) is 0 Å². The molecule has 0 bridgehead atoms. The number of phenols is 1. The van der Waals surface area contributed by atoms with Gasteiger partial charge in [-0.15, -0.1) is 10.2 Å². The molecule has 2 N–H and O–H groups in total. The molecule has 25 heavy (non-hydrogen) atoms. The number of nitrogens with zero attached hydrogens (tertiary/aromatic N) is 3. The van der Waals surface area contributed by atoms with E-state index in [1.54, 1.807) is 24.5 Å². The summed E-state index contributed by atoms with van der Waals surface area (Å²) in [5.74, 6) is 1.02. The molecule has 0 unspecified atom stereocenters. The number of aromatic nitrogens is 3. The molecule has 0 atom stereocenters. The molecule has 0 radical (unpaired) electrons. The van der Waals surface area contributed by atoms with E-state index in [0.29, 0.717) is 28.3 Å². The average molecular weight is 379 g/mol. The summed E-state index contributed by atoms with van der Waals surface area (Å²) in [7, 11) is 0. The van der Waals surface area contributed by atoms with Gasteiger partial charge < -0.3 is 14.8 Å². The van der Waals surface area contributed by atoms with Crippen LogP contribution in [-0.2, 0) is 11.3 Å².